The molecule has 3 aromatic rings. The SMILES string of the molecule is C/C=C(\N=C(C)C(=O)N1CCC(N2CC(CN)(n3cc(-c4ccnc5[nH]ccc45)cn3)C2)CC1)C(F)(F)F. The van der Waals surface area contributed by atoms with Gasteiger partial charge in [-0.15, -0.1) is 0 Å². The minimum atomic E-state index is -4.59. The van der Waals surface area contributed by atoms with Gasteiger partial charge in [0, 0.05) is 68.3 Å². The molecule has 5 heterocycles. The Morgan fingerprint density at radius 2 is 2.03 bits per heavy atom. The van der Waals surface area contributed by atoms with Crippen LogP contribution in [-0.4, -0.2) is 86.1 Å². The number of nitrogens with two attached hydrogens (primary N) is 1. The predicted molar refractivity (Wildman–Crippen MR) is 138 cm³/mol. The first-order valence-electron chi connectivity index (χ1n) is 12.6. The van der Waals surface area contributed by atoms with Gasteiger partial charge in [0.15, 0.2) is 0 Å². The number of aromatic amines is 1. The number of pyridine rings is 1. The fourth-order valence-electron chi connectivity index (χ4n) is 5.45. The van der Waals surface area contributed by atoms with Crippen LogP contribution in [-0.2, 0) is 10.3 Å². The van der Waals surface area contributed by atoms with Gasteiger partial charge < -0.3 is 15.6 Å². The first-order valence-corrected chi connectivity index (χ1v) is 12.6. The average Bonchev–Trinajstić information content (AvgIpc) is 3.56. The third-order valence-electron chi connectivity index (χ3n) is 7.64. The largest absolute Gasteiger partial charge is 0.433 e. The molecule has 0 saturated carbocycles. The van der Waals surface area contributed by atoms with E-state index in [1.165, 1.54) is 13.8 Å². The Morgan fingerprint density at radius 1 is 1.29 bits per heavy atom. The predicted octanol–water partition coefficient (Wildman–Crippen LogP) is 3.31. The molecule has 0 bridgehead atoms. The maximum Gasteiger partial charge on any atom is 0.433 e. The van der Waals surface area contributed by atoms with E-state index in [9.17, 15) is 18.0 Å². The highest BCUT2D eigenvalue weighted by Crippen LogP contribution is 2.35. The van der Waals surface area contributed by atoms with Gasteiger partial charge in [-0.05, 0) is 44.4 Å². The monoisotopic (exact) mass is 528 g/mol. The van der Waals surface area contributed by atoms with E-state index >= 15 is 0 Å². The average molecular weight is 529 g/mol. The Hall–Kier alpha value is -3.51. The van der Waals surface area contributed by atoms with E-state index in [1.54, 1.807) is 11.1 Å². The Balaban J connectivity index is 1.20. The Morgan fingerprint density at radius 3 is 2.68 bits per heavy atom. The Bertz CT molecular complexity index is 1370. The van der Waals surface area contributed by atoms with Gasteiger partial charge in [0.2, 0.25) is 0 Å². The second kappa shape index (κ2) is 9.99. The smallest absolute Gasteiger partial charge is 0.346 e. The van der Waals surface area contributed by atoms with Crippen LogP contribution in [0.2, 0.25) is 0 Å². The number of allylic oxidation sites excluding steroid dienone is 2. The zero-order valence-electron chi connectivity index (χ0n) is 21.4. The summed E-state index contributed by atoms with van der Waals surface area (Å²) in [6, 6.07) is 4.25. The number of aromatic nitrogens is 4. The lowest BCUT2D eigenvalue weighted by Crippen LogP contribution is -2.69. The van der Waals surface area contributed by atoms with Gasteiger partial charge in [0.25, 0.3) is 5.91 Å². The van der Waals surface area contributed by atoms with Crippen molar-refractivity contribution in [3.8, 4) is 11.1 Å². The minimum Gasteiger partial charge on any atom is -0.346 e. The lowest BCUT2D eigenvalue weighted by atomic mass is 9.86. The molecule has 0 spiro atoms. The molecule has 3 N–H and O–H groups in total. The molecule has 2 aliphatic rings. The summed E-state index contributed by atoms with van der Waals surface area (Å²) in [6.07, 6.45) is 5.30. The maximum atomic E-state index is 13.0. The lowest BCUT2D eigenvalue weighted by Gasteiger charge is -2.54. The van der Waals surface area contributed by atoms with Gasteiger partial charge in [0.05, 0.1) is 6.20 Å². The molecule has 2 saturated heterocycles. The van der Waals surface area contributed by atoms with Crippen LogP contribution < -0.4 is 5.73 Å². The number of rotatable bonds is 6. The molecule has 0 atom stereocenters. The molecule has 2 fully saturated rings. The van der Waals surface area contributed by atoms with Crippen LogP contribution >= 0.6 is 0 Å². The lowest BCUT2D eigenvalue weighted by molar-refractivity contribution is -0.126. The van der Waals surface area contributed by atoms with Crippen molar-refractivity contribution in [1.82, 2.24) is 29.5 Å². The molecule has 1 amide bonds. The van der Waals surface area contributed by atoms with Crippen molar-refractivity contribution >= 4 is 22.7 Å². The number of nitrogens with one attached hydrogen (secondary N) is 1. The highest BCUT2D eigenvalue weighted by Gasteiger charge is 2.47. The molecule has 0 radical (unpaired) electrons. The fraction of sp³-hybridized carbons (Fsp3) is 0.462. The highest BCUT2D eigenvalue weighted by molar-refractivity contribution is 6.38. The summed E-state index contributed by atoms with van der Waals surface area (Å²) < 4.78 is 41.0. The van der Waals surface area contributed by atoms with E-state index in [2.05, 4.69) is 25.0 Å². The third kappa shape index (κ3) is 4.73. The number of likely N-dealkylation sites (tertiary alicyclic amines) is 2. The van der Waals surface area contributed by atoms with E-state index in [1.807, 2.05) is 35.4 Å². The molecule has 2 aliphatic heterocycles. The summed E-state index contributed by atoms with van der Waals surface area (Å²) in [5.74, 6) is -0.455. The second-order valence-corrected chi connectivity index (χ2v) is 10.00. The quantitative estimate of drug-likeness (QED) is 0.478. The molecule has 202 valence electrons. The van der Waals surface area contributed by atoms with Crippen LogP contribution in [0.3, 0.4) is 0 Å². The normalized spacial score (nSPS) is 19.7. The van der Waals surface area contributed by atoms with Gasteiger partial charge >= 0.3 is 6.18 Å². The van der Waals surface area contributed by atoms with Crippen molar-refractivity contribution in [2.45, 2.75) is 44.4 Å². The van der Waals surface area contributed by atoms with Crippen LogP contribution in [0.1, 0.15) is 26.7 Å². The molecule has 9 nitrogen and oxygen atoms in total. The molecular weight excluding hydrogens is 497 g/mol. The van der Waals surface area contributed by atoms with E-state index in [0.29, 0.717) is 19.6 Å². The number of carbonyl (C=O) groups excluding carboxylic acids is 1. The van der Waals surface area contributed by atoms with E-state index in [-0.39, 0.29) is 17.3 Å². The fourth-order valence-corrected chi connectivity index (χ4v) is 5.45. The topological polar surface area (TPSA) is 108 Å². The molecule has 5 rings (SSSR count). The molecule has 0 aromatic carbocycles. The Kier molecular flexibility index (Phi) is 6.86. The number of nitrogens with zero attached hydrogens (tertiary/aromatic N) is 6. The van der Waals surface area contributed by atoms with Gasteiger partial charge in [-0.1, -0.05) is 6.08 Å². The zero-order chi connectivity index (χ0) is 27.1. The van der Waals surface area contributed by atoms with Crippen LogP contribution in [0.15, 0.2) is 53.7 Å². The first-order chi connectivity index (χ1) is 18.1. The number of carbonyl (C=O) groups is 1. The summed E-state index contributed by atoms with van der Waals surface area (Å²) in [4.78, 5) is 27.7. The van der Waals surface area contributed by atoms with Crippen molar-refractivity contribution in [2.24, 2.45) is 10.7 Å². The van der Waals surface area contributed by atoms with Crippen LogP contribution in [0.25, 0.3) is 22.2 Å². The zero-order valence-corrected chi connectivity index (χ0v) is 21.4. The summed E-state index contributed by atoms with van der Waals surface area (Å²) >= 11 is 0. The molecule has 0 unspecified atom stereocenters. The van der Waals surface area contributed by atoms with Crippen LogP contribution in [0.4, 0.5) is 13.2 Å². The number of amides is 1. The number of H-pyrrole nitrogens is 1. The van der Waals surface area contributed by atoms with Crippen molar-refractivity contribution in [1.29, 1.82) is 0 Å². The number of aliphatic imine (C=N–C) groups is 1. The van der Waals surface area contributed by atoms with Crippen molar-refractivity contribution < 1.29 is 18.0 Å². The standard InChI is InChI=1S/C26H31F3N8O/c1-3-22(26(27,28)29)34-17(2)24(38)35-10-6-19(7-11-35)36-15-25(14-30,16-36)37-13-18(12-33-37)20-4-8-31-23-21(20)5-9-32-23/h3-5,8-9,12-13,19H,6-7,10-11,14-16,30H2,1-2H3,(H,31,32)/b22-3-,34-17?. The first kappa shape index (κ1) is 26.1. The van der Waals surface area contributed by atoms with Crippen molar-refractivity contribution in [2.75, 3.05) is 32.7 Å². The number of hydrogen-bond acceptors (Lipinski definition) is 6. The number of fused-ring (bicyclic) bond motifs is 1. The van der Waals surface area contributed by atoms with E-state index < -0.39 is 17.8 Å². The maximum absolute atomic E-state index is 13.0. The van der Waals surface area contributed by atoms with Gasteiger partial charge in [0.1, 0.15) is 22.6 Å². The number of alkyl halides is 3. The molecule has 38 heavy (non-hydrogen) atoms. The van der Waals surface area contributed by atoms with Gasteiger partial charge in [-0.2, -0.15) is 18.3 Å². The Labute approximate surface area is 218 Å². The summed E-state index contributed by atoms with van der Waals surface area (Å²) in [6.45, 7) is 5.47. The number of hydrogen-bond donors (Lipinski definition) is 2. The second-order valence-electron chi connectivity index (χ2n) is 10.00. The molecule has 0 aliphatic carbocycles. The van der Waals surface area contributed by atoms with Crippen LogP contribution in [0, 0.1) is 0 Å². The van der Waals surface area contributed by atoms with Crippen molar-refractivity contribution in [3.63, 3.8) is 0 Å². The van der Waals surface area contributed by atoms with Crippen molar-refractivity contribution in [3.05, 3.63) is 48.7 Å². The van der Waals surface area contributed by atoms with E-state index in [0.717, 1.165) is 54.2 Å². The molecule has 3 aromatic heterocycles. The summed E-state index contributed by atoms with van der Waals surface area (Å²) in [5.41, 5.74) is 7.60. The minimum absolute atomic E-state index is 0.152. The molecular formula is C26H31F3N8O. The number of piperidine rings is 1. The highest BCUT2D eigenvalue weighted by atomic mass is 19.4. The number of halogens is 3. The van der Waals surface area contributed by atoms with E-state index in [4.69, 9.17) is 5.73 Å². The van der Waals surface area contributed by atoms with Crippen LogP contribution in [0.5, 0.6) is 0 Å². The third-order valence-corrected chi connectivity index (χ3v) is 7.64. The summed E-state index contributed by atoms with van der Waals surface area (Å²) in [5, 5.41) is 5.69. The van der Waals surface area contributed by atoms with Gasteiger partial charge in [-0.25, -0.2) is 9.98 Å². The molecule has 12 heteroatoms. The summed E-state index contributed by atoms with van der Waals surface area (Å²) in [7, 11) is 0. The van der Waals surface area contributed by atoms with Gasteiger partial charge in [-0.3, -0.25) is 14.4 Å².